The van der Waals surface area contributed by atoms with Gasteiger partial charge in [0.05, 0.1) is 0 Å². The van der Waals surface area contributed by atoms with E-state index in [1.807, 2.05) is 65.6 Å². The number of fused-ring (bicyclic) bond motifs is 2. The van der Waals surface area contributed by atoms with Gasteiger partial charge < -0.3 is 15.0 Å². The number of nitrogens with zero attached hydrogens (tertiary/aromatic N) is 3. The summed E-state index contributed by atoms with van der Waals surface area (Å²) >= 11 is 0. The average Bonchev–Trinajstić information content (AvgIpc) is 3.26. The van der Waals surface area contributed by atoms with Crippen LogP contribution in [0.1, 0.15) is 22.3 Å². The Morgan fingerprint density at radius 1 is 0.865 bits per heavy atom. The standard InChI is InChI=1S/C30H32N4O3/c35-28(31-16-18-32-17-15-23-9-7-8-10-24(23)21-32)33-19-20-34-27(22-33)30(37-29(34)36,25-11-3-1-4-12-25)26-13-5-2-6-14-26/h1-14,27H,15-22H2,(H,31,35). The smallest absolute Gasteiger partial charge is 0.411 e. The normalized spacial score (nSPS) is 20.6. The Morgan fingerprint density at radius 2 is 1.51 bits per heavy atom. The van der Waals surface area contributed by atoms with Gasteiger partial charge in [0.25, 0.3) is 0 Å². The van der Waals surface area contributed by atoms with Gasteiger partial charge >= 0.3 is 12.1 Å². The van der Waals surface area contributed by atoms with E-state index in [1.54, 1.807) is 4.90 Å². The highest BCUT2D eigenvalue weighted by atomic mass is 16.6. The number of hydrogen-bond acceptors (Lipinski definition) is 4. The number of cyclic esters (lactones) is 1. The molecule has 0 bridgehead atoms. The molecule has 3 heterocycles. The van der Waals surface area contributed by atoms with Gasteiger partial charge in [0.1, 0.15) is 6.04 Å². The summed E-state index contributed by atoms with van der Waals surface area (Å²) in [4.78, 5) is 32.3. The van der Waals surface area contributed by atoms with Crippen molar-refractivity contribution >= 4 is 12.1 Å². The van der Waals surface area contributed by atoms with Crippen LogP contribution in [0, 0.1) is 0 Å². The zero-order valence-corrected chi connectivity index (χ0v) is 20.9. The molecule has 0 radical (unpaired) electrons. The van der Waals surface area contributed by atoms with Gasteiger partial charge in [0, 0.05) is 56.9 Å². The summed E-state index contributed by atoms with van der Waals surface area (Å²) in [6.07, 6.45) is 0.714. The number of carbonyl (C=O) groups is 2. The molecule has 6 rings (SSSR count). The summed E-state index contributed by atoms with van der Waals surface area (Å²) < 4.78 is 6.21. The van der Waals surface area contributed by atoms with E-state index in [0.717, 1.165) is 37.2 Å². The Labute approximate surface area is 217 Å². The molecule has 1 unspecified atom stereocenters. The molecule has 3 aromatic carbocycles. The SMILES string of the molecule is O=C(NCCN1CCc2ccccc2C1)N1CCN2C(=O)OC(c3ccccc3)(c3ccccc3)C2C1. The monoisotopic (exact) mass is 496 g/mol. The van der Waals surface area contributed by atoms with E-state index < -0.39 is 5.60 Å². The number of piperazine rings is 1. The van der Waals surface area contributed by atoms with Gasteiger partial charge in [-0.3, -0.25) is 9.80 Å². The molecule has 1 N–H and O–H groups in total. The second kappa shape index (κ2) is 9.90. The van der Waals surface area contributed by atoms with E-state index >= 15 is 0 Å². The highest BCUT2D eigenvalue weighted by molar-refractivity contribution is 5.77. The van der Waals surface area contributed by atoms with E-state index in [-0.39, 0.29) is 18.2 Å². The van der Waals surface area contributed by atoms with Crippen LogP contribution in [0.5, 0.6) is 0 Å². The number of benzene rings is 3. The number of rotatable bonds is 5. The Hall–Kier alpha value is -3.84. The van der Waals surface area contributed by atoms with Crippen molar-refractivity contribution in [3.63, 3.8) is 0 Å². The topological polar surface area (TPSA) is 65.1 Å². The van der Waals surface area contributed by atoms with E-state index in [1.165, 1.54) is 11.1 Å². The average molecular weight is 497 g/mol. The van der Waals surface area contributed by atoms with Gasteiger partial charge in [-0.15, -0.1) is 0 Å². The Bertz CT molecular complexity index is 1230. The van der Waals surface area contributed by atoms with E-state index in [2.05, 4.69) is 34.5 Å². The van der Waals surface area contributed by atoms with Gasteiger partial charge in [-0.05, 0) is 17.5 Å². The van der Waals surface area contributed by atoms with Crippen LogP contribution >= 0.6 is 0 Å². The van der Waals surface area contributed by atoms with Crippen molar-refractivity contribution in [1.29, 1.82) is 0 Å². The van der Waals surface area contributed by atoms with Gasteiger partial charge in [-0.1, -0.05) is 84.9 Å². The molecule has 190 valence electrons. The zero-order chi connectivity index (χ0) is 25.2. The molecule has 2 saturated heterocycles. The number of amides is 3. The van der Waals surface area contributed by atoms with Crippen molar-refractivity contribution in [2.75, 3.05) is 39.3 Å². The molecule has 2 fully saturated rings. The maximum Gasteiger partial charge on any atom is 0.411 e. The van der Waals surface area contributed by atoms with Crippen molar-refractivity contribution in [1.82, 2.24) is 20.0 Å². The zero-order valence-electron chi connectivity index (χ0n) is 20.9. The van der Waals surface area contributed by atoms with Gasteiger partial charge in [0.2, 0.25) is 0 Å². The lowest BCUT2D eigenvalue weighted by atomic mass is 9.79. The summed E-state index contributed by atoms with van der Waals surface area (Å²) in [6.45, 7) is 4.65. The number of hydrogen-bond donors (Lipinski definition) is 1. The molecule has 0 aliphatic carbocycles. The number of urea groups is 1. The minimum atomic E-state index is -0.972. The van der Waals surface area contributed by atoms with Crippen LogP contribution in [0.4, 0.5) is 9.59 Å². The highest BCUT2D eigenvalue weighted by Crippen LogP contribution is 2.45. The maximum absolute atomic E-state index is 13.2. The van der Waals surface area contributed by atoms with Crippen molar-refractivity contribution in [3.05, 3.63) is 107 Å². The van der Waals surface area contributed by atoms with Crippen LogP contribution in [0.3, 0.4) is 0 Å². The van der Waals surface area contributed by atoms with Crippen LogP contribution in [-0.4, -0.2) is 72.1 Å². The third-order valence-electron chi connectivity index (χ3n) is 7.94. The number of ether oxygens (including phenoxy) is 1. The first-order chi connectivity index (χ1) is 18.1. The Balaban J connectivity index is 1.16. The lowest BCUT2D eigenvalue weighted by molar-refractivity contribution is 0.0511. The molecule has 3 amide bonds. The summed E-state index contributed by atoms with van der Waals surface area (Å²) in [5.74, 6) is 0. The lowest BCUT2D eigenvalue weighted by Gasteiger charge is -2.42. The molecule has 1 atom stereocenters. The van der Waals surface area contributed by atoms with Gasteiger partial charge in [0.15, 0.2) is 5.60 Å². The summed E-state index contributed by atoms with van der Waals surface area (Å²) in [7, 11) is 0. The van der Waals surface area contributed by atoms with Crippen LogP contribution in [0.2, 0.25) is 0 Å². The quantitative estimate of drug-likeness (QED) is 0.583. The molecule has 0 spiro atoms. The summed E-state index contributed by atoms with van der Waals surface area (Å²) in [5, 5.41) is 3.12. The molecule has 7 nitrogen and oxygen atoms in total. The molecule has 7 heteroatoms. The second-order valence-corrected chi connectivity index (χ2v) is 10.0. The predicted octanol–water partition coefficient (Wildman–Crippen LogP) is 3.83. The molecule has 3 aliphatic rings. The van der Waals surface area contributed by atoms with E-state index in [9.17, 15) is 9.59 Å². The lowest BCUT2D eigenvalue weighted by Crippen LogP contribution is -2.60. The minimum absolute atomic E-state index is 0.0913. The first-order valence-corrected chi connectivity index (χ1v) is 13.1. The molecule has 3 aromatic rings. The molecular formula is C30H32N4O3. The minimum Gasteiger partial charge on any atom is -0.431 e. The fraction of sp³-hybridized carbons (Fsp3) is 0.333. The van der Waals surface area contributed by atoms with E-state index in [0.29, 0.717) is 26.2 Å². The largest absolute Gasteiger partial charge is 0.431 e. The van der Waals surface area contributed by atoms with Crippen molar-refractivity contribution in [2.24, 2.45) is 0 Å². The maximum atomic E-state index is 13.2. The molecule has 0 aromatic heterocycles. The third kappa shape index (κ3) is 4.33. The first kappa shape index (κ1) is 23.6. The van der Waals surface area contributed by atoms with Crippen LogP contribution in [0.15, 0.2) is 84.9 Å². The van der Waals surface area contributed by atoms with Crippen molar-refractivity contribution in [3.8, 4) is 0 Å². The van der Waals surface area contributed by atoms with Crippen LogP contribution in [-0.2, 0) is 23.3 Å². The highest BCUT2D eigenvalue weighted by Gasteiger charge is 2.58. The molecule has 37 heavy (non-hydrogen) atoms. The van der Waals surface area contributed by atoms with Crippen molar-refractivity contribution in [2.45, 2.75) is 24.6 Å². The third-order valence-corrected chi connectivity index (χ3v) is 7.94. The van der Waals surface area contributed by atoms with Gasteiger partial charge in [-0.25, -0.2) is 9.59 Å². The summed E-state index contributed by atoms with van der Waals surface area (Å²) in [5.41, 5.74) is 3.65. The molecular weight excluding hydrogens is 464 g/mol. The summed E-state index contributed by atoms with van der Waals surface area (Å²) in [6, 6.07) is 27.9. The fourth-order valence-corrected chi connectivity index (χ4v) is 6.02. The number of nitrogens with one attached hydrogen (secondary N) is 1. The second-order valence-electron chi connectivity index (χ2n) is 10.0. The first-order valence-electron chi connectivity index (χ1n) is 13.1. The van der Waals surface area contributed by atoms with Crippen LogP contribution < -0.4 is 5.32 Å². The van der Waals surface area contributed by atoms with E-state index in [4.69, 9.17) is 4.74 Å². The predicted molar refractivity (Wildman–Crippen MR) is 141 cm³/mol. The number of carbonyl (C=O) groups excluding carboxylic acids is 2. The Morgan fingerprint density at radius 3 is 2.22 bits per heavy atom. The molecule has 0 saturated carbocycles. The fourth-order valence-electron chi connectivity index (χ4n) is 6.02. The Kier molecular flexibility index (Phi) is 6.30. The van der Waals surface area contributed by atoms with Gasteiger partial charge in [-0.2, -0.15) is 0 Å². The van der Waals surface area contributed by atoms with Crippen LogP contribution in [0.25, 0.3) is 0 Å². The van der Waals surface area contributed by atoms with Crippen molar-refractivity contribution < 1.29 is 14.3 Å². The molecule has 3 aliphatic heterocycles.